The van der Waals surface area contributed by atoms with E-state index in [9.17, 15) is 4.79 Å². The molecule has 108 valence electrons. The highest BCUT2D eigenvalue weighted by Gasteiger charge is 2.16. The molecule has 3 nitrogen and oxygen atoms in total. The van der Waals surface area contributed by atoms with E-state index in [1.807, 2.05) is 42.9 Å². The predicted octanol–water partition coefficient (Wildman–Crippen LogP) is 2.23. The van der Waals surface area contributed by atoms with Crippen LogP contribution in [0, 0.1) is 11.8 Å². The van der Waals surface area contributed by atoms with Crippen molar-refractivity contribution in [1.29, 1.82) is 0 Å². The van der Waals surface area contributed by atoms with E-state index in [1.165, 1.54) is 5.56 Å². The summed E-state index contributed by atoms with van der Waals surface area (Å²) >= 11 is 1.83. The molecule has 1 aliphatic rings. The number of hydrogen-bond donors (Lipinski definition) is 1. The van der Waals surface area contributed by atoms with Gasteiger partial charge in [-0.15, -0.1) is 0 Å². The lowest BCUT2D eigenvalue weighted by atomic mass is 10.00. The molecule has 1 aliphatic heterocycles. The van der Waals surface area contributed by atoms with E-state index in [4.69, 9.17) is 0 Å². The highest BCUT2D eigenvalue weighted by atomic mass is 32.2. The highest BCUT2D eigenvalue weighted by molar-refractivity contribution is 7.98. The Balaban J connectivity index is 2.09. The first-order chi connectivity index (χ1) is 10.1. The monoisotopic (exact) mass is 298 g/mol. The van der Waals surface area contributed by atoms with Gasteiger partial charge in [-0.2, -0.15) is 11.8 Å². The van der Waals surface area contributed by atoms with Crippen LogP contribution in [0.1, 0.15) is 16.7 Å². The lowest BCUT2D eigenvalue weighted by molar-refractivity contribution is 0.464. The number of benzene rings is 1. The van der Waals surface area contributed by atoms with Crippen LogP contribution in [0.3, 0.4) is 0 Å². The van der Waals surface area contributed by atoms with Crippen LogP contribution < -0.4 is 5.56 Å². The van der Waals surface area contributed by atoms with Gasteiger partial charge >= 0.3 is 0 Å². The molecule has 1 aromatic carbocycles. The number of fused-ring (bicyclic) bond motifs is 3. The zero-order valence-electron chi connectivity index (χ0n) is 12.3. The third-order valence-electron chi connectivity index (χ3n) is 3.60. The zero-order valence-corrected chi connectivity index (χ0v) is 13.1. The van der Waals surface area contributed by atoms with Gasteiger partial charge < -0.3 is 4.98 Å². The predicted molar refractivity (Wildman–Crippen MR) is 89.9 cm³/mol. The van der Waals surface area contributed by atoms with Crippen molar-refractivity contribution in [1.82, 2.24) is 9.88 Å². The first kappa shape index (κ1) is 14.2. The van der Waals surface area contributed by atoms with Crippen LogP contribution in [0.15, 0.2) is 23.0 Å². The van der Waals surface area contributed by atoms with Gasteiger partial charge in [-0.3, -0.25) is 9.69 Å². The van der Waals surface area contributed by atoms with Crippen LogP contribution >= 0.6 is 11.8 Å². The zero-order chi connectivity index (χ0) is 14.8. The van der Waals surface area contributed by atoms with Crippen LogP contribution in [0.4, 0.5) is 0 Å². The van der Waals surface area contributed by atoms with Crippen molar-refractivity contribution in [2.75, 3.05) is 26.4 Å². The number of aromatic nitrogens is 1. The highest BCUT2D eigenvalue weighted by Crippen LogP contribution is 2.27. The van der Waals surface area contributed by atoms with E-state index < -0.39 is 0 Å². The summed E-state index contributed by atoms with van der Waals surface area (Å²) in [5, 5.41) is 1.15. The summed E-state index contributed by atoms with van der Waals surface area (Å²) in [5.41, 5.74) is 4.15. The van der Waals surface area contributed by atoms with Crippen LogP contribution in [0.2, 0.25) is 0 Å². The molecule has 0 bridgehead atoms. The fraction of sp³-hybridized carbons (Fsp3) is 0.353. The second-order valence-electron chi connectivity index (χ2n) is 5.51. The van der Waals surface area contributed by atoms with Gasteiger partial charge in [0.15, 0.2) is 0 Å². The fourth-order valence-corrected chi connectivity index (χ4v) is 3.57. The van der Waals surface area contributed by atoms with E-state index in [2.05, 4.69) is 22.9 Å². The summed E-state index contributed by atoms with van der Waals surface area (Å²) in [5.74, 6) is 8.26. The molecular weight excluding hydrogens is 280 g/mol. The summed E-state index contributed by atoms with van der Waals surface area (Å²) in [7, 11) is 4.02. The second-order valence-corrected chi connectivity index (χ2v) is 6.62. The van der Waals surface area contributed by atoms with Gasteiger partial charge in [0, 0.05) is 27.8 Å². The fourth-order valence-electron chi connectivity index (χ4n) is 2.56. The maximum atomic E-state index is 12.1. The van der Waals surface area contributed by atoms with Gasteiger partial charge in [-0.25, -0.2) is 0 Å². The molecule has 0 unspecified atom stereocenters. The largest absolute Gasteiger partial charge is 0.322 e. The Hall–Kier alpha value is -1.70. The molecule has 21 heavy (non-hydrogen) atoms. The molecule has 1 aromatic heterocycles. The summed E-state index contributed by atoms with van der Waals surface area (Å²) in [6.45, 7) is 0.748. The molecule has 0 radical (unpaired) electrons. The quantitative estimate of drug-likeness (QED) is 0.820. The maximum absolute atomic E-state index is 12.1. The number of nitrogens with one attached hydrogen (secondary N) is 1. The molecule has 0 aliphatic carbocycles. The van der Waals surface area contributed by atoms with Crippen LogP contribution in [0.25, 0.3) is 10.9 Å². The topological polar surface area (TPSA) is 36.1 Å². The Morgan fingerprint density at radius 2 is 2.19 bits per heavy atom. The first-order valence-electron chi connectivity index (χ1n) is 7.04. The van der Waals surface area contributed by atoms with Crippen LogP contribution in [0.5, 0.6) is 0 Å². The van der Waals surface area contributed by atoms with E-state index in [0.29, 0.717) is 0 Å². The average molecular weight is 298 g/mol. The summed E-state index contributed by atoms with van der Waals surface area (Å²) < 4.78 is 0. The Morgan fingerprint density at radius 1 is 1.33 bits per heavy atom. The number of hydrogen-bond acceptors (Lipinski definition) is 3. The Labute approximate surface area is 128 Å². The third-order valence-corrected chi connectivity index (χ3v) is 4.59. The second kappa shape index (κ2) is 5.97. The number of pyridine rings is 1. The van der Waals surface area contributed by atoms with Gasteiger partial charge in [0.05, 0.1) is 6.54 Å². The molecule has 0 saturated heterocycles. The van der Waals surface area contributed by atoms with E-state index >= 15 is 0 Å². The number of nitrogens with zero attached hydrogens (tertiary/aromatic N) is 1. The number of H-pyrrole nitrogens is 1. The molecule has 0 spiro atoms. The van der Waals surface area contributed by atoms with Crippen molar-refractivity contribution >= 4 is 22.7 Å². The van der Waals surface area contributed by atoms with Crippen LogP contribution in [-0.4, -0.2) is 36.3 Å². The molecule has 0 fully saturated rings. The molecule has 2 aromatic rings. The Morgan fingerprint density at radius 3 is 3.00 bits per heavy atom. The number of thioether (sulfide) groups is 1. The SMILES string of the molecule is CN(C)CC#Cc1ccc2[nH]c(=O)c3c(c2c1)CCSC3. The molecule has 0 amide bonds. The summed E-state index contributed by atoms with van der Waals surface area (Å²) in [6, 6.07) is 6.06. The van der Waals surface area contributed by atoms with Gasteiger partial charge in [0.25, 0.3) is 5.56 Å². The molecule has 4 heteroatoms. The van der Waals surface area contributed by atoms with E-state index in [1.54, 1.807) is 0 Å². The smallest absolute Gasteiger partial charge is 0.252 e. The number of aryl methyl sites for hydroxylation is 1. The van der Waals surface area contributed by atoms with Crippen molar-refractivity contribution in [3.8, 4) is 11.8 Å². The molecule has 3 rings (SSSR count). The third kappa shape index (κ3) is 2.99. The van der Waals surface area contributed by atoms with Gasteiger partial charge in [-0.05, 0) is 50.0 Å². The standard InChI is InChI=1S/C17H18N2OS/c1-19(2)8-3-4-12-5-6-16-14(10-12)13-7-9-21-11-15(13)17(20)18-16/h5-6,10H,7-9,11H2,1-2H3,(H,18,20). The van der Waals surface area contributed by atoms with E-state index in [0.717, 1.165) is 46.5 Å². The first-order valence-corrected chi connectivity index (χ1v) is 8.20. The minimum Gasteiger partial charge on any atom is -0.322 e. The normalized spacial score (nSPS) is 13.9. The van der Waals surface area contributed by atoms with Gasteiger partial charge in [0.1, 0.15) is 0 Å². The van der Waals surface area contributed by atoms with Gasteiger partial charge in [0.2, 0.25) is 0 Å². The molecule has 2 heterocycles. The Kier molecular flexibility index (Phi) is 4.05. The van der Waals surface area contributed by atoms with Gasteiger partial charge in [-0.1, -0.05) is 11.8 Å². The minimum absolute atomic E-state index is 0.0659. The lowest BCUT2D eigenvalue weighted by Crippen LogP contribution is -2.18. The van der Waals surface area contributed by atoms with E-state index in [-0.39, 0.29) is 5.56 Å². The maximum Gasteiger partial charge on any atom is 0.252 e. The van der Waals surface area contributed by atoms with Crippen molar-refractivity contribution in [2.24, 2.45) is 0 Å². The Bertz CT molecular complexity index is 796. The number of aromatic amines is 1. The molecule has 1 N–H and O–H groups in total. The van der Waals surface area contributed by atoms with Crippen molar-refractivity contribution in [3.05, 3.63) is 45.2 Å². The summed E-state index contributed by atoms with van der Waals surface area (Å²) in [4.78, 5) is 17.1. The summed E-state index contributed by atoms with van der Waals surface area (Å²) in [6.07, 6.45) is 0.967. The lowest BCUT2D eigenvalue weighted by Gasteiger charge is -2.16. The van der Waals surface area contributed by atoms with Crippen molar-refractivity contribution in [3.63, 3.8) is 0 Å². The minimum atomic E-state index is 0.0659. The van der Waals surface area contributed by atoms with Crippen molar-refractivity contribution in [2.45, 2.75) is 12.2 Å². The van der Waals surface area contributed by atoms with Crippen molar-refractivity contribution < 1.29 is 0 Å². The molecule has 0 atom stereocenters. The molecule has 0 saturated carbocycles. The molecular formula is C17H18N2OS. The van der Waals surface area contributed by atoms with Crippen LogP contribution in [-0.2, 0) is 12.2 Å². The average Bonchev–Trinajstić information content (AvgIpc) is 2.48. The number of rotatable bonds is 1.